The third-order valence-corrected chi connectivity index (χ3v) is 4.16. The number of carbonyl (C=O) groups is 1. The summed E-state index contributed by atoms with van der Waals surface area (Å²) in [5, 5.41) is -0.316. The summed E-state index contributed by atoms with van der Waals surface area (Å²) in [5.74, 6) is -2.05. The average Bonchev–Trinajstić information content (AvgIpc) is 2.34. The van der Waals surface area contributed by atoms with Gasteiger partial charge in [-0.05, 0) is 25.0 Å². The number of amides is 1. The van der Waals surface area contributed by atoms with Crippen molar-refractivity contribution in [2.45, 2.75) is 17.7 Å². The molecule has 6 heteroatoms. The number of carbonyl (C=O) groups excluding carboxylic acids is 1. The van der Waals surface area contributed by atoms with Crippen molar-refractivity contribution in [2.24, 2.45) is 0 Å². The van der Waals surface area contributed by atoms with Gasteiger partial charge in [0.1, 0.15) is 11.6 Å². The molecule has 2 nitrogen and oxygen atoms in total. The lowest BCUT2D eigenvalue weighted by molar-refractivity contribution is 0.0723. The lowest BCUT2D eigenvalue weighted by atomic mass is 10.1. The normalized spacial score (nSPS) is 17.0. The first-order valence-electron chi connectivity index (χ1n) is 5.57. The molecule has 0 aromatic heterocycles. The van der Waals surface area contributed by atoms with Crippen molar-refractivity contribution in [3.05, 3.63) is 34.4 Å². The molecule has 98 valence electrons. The molecule has 1 aromatic rings. The minimum absolute atomic E-state index is 0.259. The maximum absolute atomic E-state index is 13.6. The SMILES string of the molecule is O=C(c1cc(F)c(Cl)cc1F)N1CCC(Br)CC1. The Morgan fingerprint density at radius 3 is 2.50 bits per heavy atom. The number of piperidine rings is 1. The quantitative estimate of drug-likeness (QED) is 0.566. The van der Waals surface area contributed by atoms with Crippen LogP contribution in [0.15, 0.2) is 12.1 Å². The van der Waals surface area contributed by atoms with E-state index in [4.69, 9.17) is 11.6 Å². The van der Waals surface area contributed by atoms with Crippen LogP contribution in [-0.2, 0) is 0 Å². The Bertz CT molecular complexity index is 475. The zero-order chi connectivity index (χ0) is 13.3. The molecule has 0 atom stereocenters. The Morgan fingerprint density at radius 1 is 1.28 bits per heavy atom. The van der Waals surface area contributed by atoms with E-state index in [0.717, 1.165) is 25.0 Å². The highest BCUT2D eigenvalue weighted by Gasteiger charge is 2.25. The highest BCUT2D eigenvalue weighted by Crippen LogP contribution is 2.23. The van der Waals surface area contributed by atoms with Crippen LogP contribution in [0.3, 0.4) is 0 Å². The molecule has 0 unspecified atom stereocenters. The van der Waals surface area contributed by atoms with Crippen molar-refractivity contribution in [1.82, 2.24) is 4.90 Å². The average molecular weight is 339 g/mol. The van der Waals surface area contributed by atoms with Gasteiger partial charge in [0.05, 0.1) is 10.6 Å². The molecule has 1 aliphatic heterocycles. The van der Waals surface area contributed by atoms with Crippen LogP contribution in [0.4, 0.5) is 8.78 Å². The molecule has 1 heterocycles. The lowest BCUT2D eigenvalue weighted by Gasteiger charge is -2.29. The van der Waals surface area contributed by atoms with Gasteiger partial charge in [0.25, 0.3) is 5.91 Å². The first-order valence-corrected chi connectivity index (χ1v) is 6.86. The molecule has 0 saturated carbocycles. The second kappa shape index (κ2) is 5.53. The molecular formula is C12H11BrClF2NO. The summed E-state index contributed by atoms with van der Waals surface area (Å²) < 4.78 is 26.9. The number of alkyl halides is 1. The zero-order valence-corrected chi connectivity index (χ0v) is 11.8. The Labute approximate surface area is 117 Å². The van der Waals surface area contributed by atoms with Crippen LogP contribution in [0.2, 0.25) is 5.02 Å². The van der Waals surface area contributed by atoms with Crippen LogP contribution < -0.4 is 0 Å². The zero-order valence-electron chi connectivity index (χ0n) is 9.43. The molecule has 1 amide bonds. The largest absolute Gasteiger partial charge is 0.338 e. The molecule has 1 saturated heterocycles. The summed E-state index contributed by atoms with van der Waals surface area (Å²) in [6.07, 6.45) is 1.62. The number of benzene rings is 1. The van der Waals surface area contributed by atoms with Crippen LogP contribution >= 0.6 is 27.5 Å². The summed E-state index contributed by atoms with van der Waals surface area (Å²) in [6, 6.07) is 1.70. The van der Waals surface area contributed by atoms with E-state index in [1.807, 2.05) is 0 Å². The van der Waals surface area contributed by atoms with E-state index in [1.165, 1.54) is 4.90 Å². The Morgan fingerprint density at radius 2 is 1.89 bits per heavy atom. The predicted octanol–water partition coefficient (Wildman–Crippen LogP) is 3.62. The fourth-order valence-electron chi connectivity index (χ4n) is 1.91. The number of rotatable bonds is 1. The third kappa shape index (κ3) is 2.83. The van der Waals surface area contributed by atoms with Gasteiger partial charge in [-0.25, -0.2) is 8.78 Å². The van der Waals surface area contributed by atoms with E-state index < -0.39 is 17.5 Å². The molecule has 0 aliphatic carbocycles. The van der Waals surface area contributed by atoms with Crippen molar-refractivity contribution < 1.29 is 13.6 Å². The fraction of sp³-hybridized carbons (Fsp3) is 0.417. The van der Waals surface area contributed by atoms with Crippen molar-refractivity contribution in [3.8, 4) is 0 Å². The highest BCUT2D eigenvalue weighted by atomic mass is 79.9. The maximum Gasteiger partial charge on any atom is 0.256 e. The minimum Gasteiger partial charge on any atom is -0.338 e. The topological polar surface area (TPSA) is 20.3 Å². The second-order valence-corrected chi connectivity index (χ2v) is 5.92. The first kappa shape index (κ1) is 13.7. The van der Waals surface area contributed by atoms with Gasteiger partial charge >= 0.3 is 0 Å². The number of likely N-dealkylation sites (tertiary alicyclic amines) is 1. The van der Waals surface area contributed by atoms with Gasteiger partial charge in [0.2, 0.25) is 0 Å². The minimum atomic E-state index is -0.785. The fourth-order valence-corrected chi connectivity index (χ4v) is 2.47. The summed E-state index contributed by atoms with van der Waals surface area (Å²) in [4.78, 5) is 14.0. The van der Waals surface area contributed by atoms with Gasteiger partial charge in [-0.2, -0.15) is 0 Å². The van der Waals surface area contributed by atoms with E-state index in [2.05, 4.69) is 15.9 Å². The number of hydrogen-bond donors (Lipinski definition) is 0. The van der Waals surface area contributed by atoms with Gasteiger partial charge in [-0.3, -0.25) is 4.79 Å². The maximum atomic E-state index is 13.6. The number of hydrogen-bond acceptors (Lipinski definition) is 1. The molecule has 1 aliphatic rings. The lowest BCUT2D eigenvalue weighted by Crippen LogP contribution is -2.39. The van der Waals surface area contributed by atoms with Crippen LogP contribution in [0, 0.1) is 11.6 Å². The predicted molar refractivity (Wildman–Crippen MR) is 69.2 cm³/mol. The number of halogens is 4. The monoisotopic (exact) mass is 337 g/mol. The third-order valence-electron chi connectivity index (χ3n) is 2.95. The van der Waals surface area contributed by atoms with Gasteiger partial charge < -0.3 is 4.90 Å². The van der Waals surface area contributed by atoms with E-state index in [9.17, 15) is 13.6 Å². The van der Waals surface area contributed by atoms with Crippen molar-refractivity contribution >= 4 is 33.4 Å². The molecule has 0 radical (unpaired) electrons. The van der Waals surface area contributed by atoms with Gasteiger partial charge in [-0.1, -0.05) is 27.5 Å². The molecule has 0 bridgehead atoms. The molecule has 0 N–H and O–H groups in total. The Kier molecular flexibility index (Phi) is 4.22. The molecule has 1 fully saturated rings. The second-order valence-electron chi connectivity index (χ2n) is 4.21. The van der Waals surface area contributed by atoms with E-state index in [1.54, 1.807) is 0 Å². The standard InChI is InChI=1S/C12H11BrClF2NO/c13-7-1-3-17(4-2-7)12(18)8-5-11(16)9(14)6-10(8)15/h5-7H,1-4H2. The summed E-state index contributed by atoms with van der Waals surface area (Å²) in [5.41, 5.74) is -0.259. The van der Waals surface area contributed by atoms with Crippen LogP contribution in [0.1, 0.15) is 23.2 Å². The van der Waals surface area contributed by atoms with Gasteiger partial charge in [0.15, 0.2) is 0 Å². The van der Waals surface area contributed by atoms with Crippen LogP contribution in [0.25, 0.3) is 0 Å². The Hall–Kier alpha value is -0.680. The van der Waals surface area contributed by atoms with Gasteiger partial charge in [0, 0.05) is 17.9 Å². The Balaban J connectivity index is 2.21. The first-order chi connectivity index (χ1) is 8.49. The van der Waals surface area contributed by atoms with E-state index >= 15 is 0 Å². The summed E-state index contributed by atoms with van der Waals surface area (Å²) in [6.45, 7) is 1.08. The van der Waals surface area contributed by atoms with E-state index in [0.29, 0.717) is 17.9 Å². The molecule has 18 heavy (non-hydrogen) atoms. The van der Waals surface area contributed by atoms with Crippen LogP contribution in [-0.4, -0.2) is 28.7 Å². The van der Waals surface area contributed by atoms with Crippen molar-refractivity contribution in [3.63, 3.8) is 0 Å². The summed E-state index contributed by atoms with van der Waals surface area (Å²) >= 11 is 8.92. The molecular weight excluding hydrogens is 327 g/mol. The van der Waals surface area contributed by atoms with Gasteiger partial charge in [-0.15, -0.1) is 0 Å². The molecule has 1 aromatic carbocycles. The van der Waals surface area contributed by atoms with Crippen molar-refractivity contribution in [2.75, 3.05) is 13.1 Å². The van der Waals surface area contributed by atoms with E-state index in [-0.39, 0.29) is 10.6 Å². The summed E-state index contributed by atoms with van der Waals surface area (Å²) in [7, 11) is 0. The van der Waals surface area contributed by atoms with Crippen molar-refractivity contribution in [1.29, 1.82) is 0 Å². The smallest absolute Gasteiger partial charge is 0.256 e. The molecule has 0 spiro atoms. The number of nitrogens with zero attached hydrogens (tertiary/aromatic N) is 1. The van der Waals surface area contributed by atoms with Crippen LogP contribution in [0.5, 0.6) is 0 Å². The molecule has 2 rings (SSSR count). The highest BCUT2D eigenvalue weighted by molar-refractivity contribution is 9.09.